The first-order valence-corrected chi connectivity index (χ1v) is 2.74. The van der Waals surface area contributed by atoms with Gasteiger partial charge in [0.2, 0.25) is 0 Å². The minimum absolute atomic E-state index is 0. The van der Waals surface area contributed by atoms with Crippen LogP contribution in [0.1, 0.15) is 0 Å². The summed E-state index contributed by atoms with van der Waals surface area (Å²) in [7, 11) is -3.99. The van der Waals surface area contributed by atoms with Crippen molar-refractivity contribution >= 4 is 162 Å². The van der Waals surface area contributed by atoms with E-state index >= 15 is 0 Å². The Kier molecular flexibility index (Phi) is 21.3. The summed E-state index contributed by atoms with van der Waals surface area (Å²) in [5.41, 5.74) is 0. The van der Waals surface area contributed by atoms with Gasteiger partial charge >= 0.3 is 162 Å². The quantitative estimate of drug-likeness (QED) is 0.303. The van der Waals surface area contributed by atoms with Gasteiger partial charge in [0.05, 0.1) is 0 Å². The molecular weight excluding hydrogens is 244 g/mol. The predicted octanol–water partition coefficient (Wildman–Crippen LogP) is -2.03. The third-order valence-electron chi connectivity index (χ3n) is 0.277. The molecule has 1 N–H and O–H groups in total. The molecule has 1 fully saturated rings. The molecule has 1 saturated heterocycles. The fraction of sp³-hybridized carbons (Fsp3) is 0. The Morgan fingerprint density at radius 2 is 1.30 bits per heavy atom. The van der Waals surface area contributed by atoms with E-state index in [1.54, 1.807) is 0 Å². The third-order valence-corrected chi connectivity index (χ3v) is 0.776. The molecule has 0 aromatic rings. The van der Waals surface area contributed by atoms with Crippen LogP contribution in [0.25, 0.3) is 0 Å². The van der Waals surface area contributed by atoms with Crippen molar-refractivity contribution in [2.75, 3.05) is 0 Å². The van der Waals surface area contributed by atoms with Crippen LogP contribution >= 0.6 is 7.82 Å². The predicted molar refractivity (Wildman–Crippen MR) is 35.6 cm³/mol. The molecule has 6 nitrogen and oxygen atoms in total. The van der Waals surface area contributed by atoms with Gasteiger partial charge in [-0.05, 0) is 10.1 Å². The van der Waals surface area contributed by atoms with Crippen LogP contribution < -0.4 is 0 Å². The number of rotatable bonds is 0. The molecule has 0 saturated carbocycles. The molecule has 1 aliphatic rings. The van der Waals surface area contributed by atoms with Crippen molar-refractivity contribution in [2.24, 2.45) is 0 Å². The Morgan fingerprint density at radius 1 is 1.00 bits per heavy atom. The fourth-order valence-electron chi connectivity index (χ4n) is 0.114. The van der Waals surface area contributed by atoms with Crippen molar-refractivity contribution in [3.05, 3.63) is 0 Å². The summed E-state index contributed by atoms with van der Waals surface area (Å²) in [6, 6.07) is 0. The van der Waals surface area contributed by atoms with Crippen molar-refractivity contribution in [1.29, 1.82) is 0 Å². The maximum absolute atomic E-state index is 9.88. The summed E-state index contributed by atoms with van der Waals surface area (Å²) in [5, 5.41) is 6.85. The summed E-state index contributed by atoms with van der Waals surface area (Å²) < 4.78 is 16.9. The summed E-state index contributed by atoms with van der Waals surface area (Å²) in [6.45, 7) is 0. The summed E-state index contributed by atoms with van der Waals surface area (Å²) >= 11 is 0. The molecule has 48 valence electrons. The van der Waals surface area contributed by atoms with Crippen molar-refractivity contribution < 1.29 is 28.9 Å². The van der Waals surface area contributed by atoms with E-state index in [1.165, 1.54) is 0 Å². The average Bonchev–Trinajstić information content (AvgIpc) is 1.84. The summed E-state index contributed by atoms with van der Waals surface area (Å²) in [4.78, 5) is 8.06. The van der Waals surface area contributed by atoms with Crippen LogP contribution in [-0.4, -0.2) is 159 Å². The number of hydrogen-bond acceptors (Lipinski definition) is 5. The monoisotopic (exact) mass is 248 g/mol. The van der Waals surface area contributed by atoms with E-state index in [2.05, 4.69) is 19.4 Å². The Labute approximate surface area is 185 Å². The van der Waals surface area contributed by atoms with Gasteiger partial charge in [-0.3, -0.25) is 4.89 Å². The van der Waals surface area contributed by atoms with Crippen LogP contribution in [0.5, 0.6) is 0 Å². The second-order valence-corrected chi connectivity index (χ2v) is 1.99. The molecule has 0 spiro atoms. The normalized spacial score (nSPS) is 19.7. The first-order valence-electron chi connectivity index (χ1n) is 1.25. The molecule has 0 radical (unpaired) electrons. The van der Waals surface area contributed by atoms with Gasteiger partial charge in [-0.25, -0.2) is 4.57 Å². The molecule has 1 aliphatic heterocycles. The second kappa shape index (κ2) is 10.5. The van der Waals surface area contributed by atoms with Gasteiger partial charge < -0.3 is 0 Å². The van der Waals surface area contributed by atoms with Crippen LogP contribution in [0.3, 0.4) is 0 Å². The Bertz CT molecular complexity index is 104. The fourth-order valence-corrected chi connectivity index (χ4v) is 0.343. The third kappa shape index (κ3) is 9.49. The van der Waals surface area contributed by atoms with Crippen molar-refractivity contribution in [3.8, 4) is 0 Å². The molecule has 1 heterocycles. The zero-order chi connectivity index (χ0) is 5.33. The van der Waals surface area contributed by atoms with E-state index in [0.29, 0.717) is 0 Å². The van der Waals surface area contributed by atoms with Gasteiger partial charge in [0.25, 0.3) is 0 Å². The minimum atomic E-state index is -3.99. The summed E-state index contributed by atoms with van der Waals surface area (Å²) in [5.74, 6) is 0. The Morgan fingerprint density at radius 3 is 1.40 bits per heavy atom. The molecule has 0 bridgehead atoms. The maximum atomic E-state index is 9.88. The van der Waals surface area contributed by atoms with Crippen LogP contribution in [0.4, 0.5) is 0 Å². The van der Waals surface area contributed by atoms with E-state index in [-0.39, 0.29) is 154 Å². The molecule has 0 amide bonds. The molecular formula is H4K3O6P. The van der Waals surface area contributed by atoms with Crippen LogP contribution in [0.2, 0.25) is 0 Å². The molecule has 0 aromatic heterocycles. The van der Waals surface area contributed by atoms with Crippen LogP contribution in [0, 0.1) is 0 Å². The molecule has 1 rings (SSSR count). The Balaban J connectivity index is -0.000000163. The topological polar surface area (TPSA) is 74.2 Å². The van der Waals surface area contributed by atoms with Crippen LogP contribution in [-0.2, 0) is 24.0 Å². The van der Waals surface area contributed by atoms with E-state index < -0.39 is 7.82 Å². The standard InChI is InChI=1S/3K.HO6P.3H/c;;;1-7(2)5-3-4-6-7;;;/h;;;(H,1,2);;;. The van der Waals surface area contributed by atoms with Crippen LogP contribution in [0.15, 0.2) is 0 Å². The summed E-state index contributed by atoms with van der Waals surface area (Å²) in [6.07, 6.45) is 0. The van der Waals surface area contributed by atoms with Gasteiger partial charge in [-0.2, -0.15) is 0 Å². The van der Waals surface area contributed by atoms with E-state index in [1.807, 2.05) is 0 Å². The van der Waals surface area contributed by atoms with E-state index in [0.717, 1.165) is 0 Å². The second-order valence-electron chi connectivity index (χ2n) is 0.754. The van der Waals surface area contributed by atoms with Gasteiger partial charge in [0.1, 0.15) is 0 Å². The first-order chi connectivity index (χ1) is 3.21. The molecule has 10 heavy (non-hydrogen) atoms. The molecule has 0 unspecified atom stereocenters. The molecule has 0 atom stereocenters. The molecule has 0 aliphatic carbocycles. The zero-order valence-electron chi connectivity index (χ0n) is 2.94. The number of hydrogen-bond donors (Lipinski definition) is 1. The molecule has 0 aromatic carbocycles. The van der Waals surface area contributed by atoms with Gasteiger partial charge in [-0.15, -0.1) is 0 Å². The first kappa shape index (κ1) is 20.4. The van der Waals surface area contributed by atoms with Crippen molar-refractivity contribution in [1.82, 2.24) is 0 Å². The van der Waals surface area contributed by atoms with Gasteiger partial charge in [-0.1, -0.05) is 9.35 Å². The Hall–Kier alpha value is 4.94. The SMILES string of the molecule is O=P1(O)OOOO1.[KH].[KH].[KH]. The van der Waals surface area contributed by atoms with Crippen molar-refractivity contribution in [3.63, 3.8) is 0 Å². The molecule has 10 heteroatoms. The van der Waals surface area contributed by atoms with E-state index in [4.69, 9.17) is 4.89 Å². The van der Waals surface area contributed by atoms with Gasteiger partial charge in [0, 0.05) is 0 Å². The van der Waals surface area contributed by atoms with E-state index in [9.17, 15) is 4.57 Å². The van der Waals surface area contributed by atoms with Gasteiger partial charge in [0.15, 0.2) is 0 Å². The number of phosphoric acid groups is 1. The van der Waals surface area contributed by atoms with Crippen molar-refractivity contribution in [2.45, 2.75) is 0 Å². The average molecular weight is 248 g/mol. The zero-order valence-corrected chi connectivity index (χ0v) is 3.83.